The second-order valence-electron chi connectivity index (χ2n) is 8.44. The Morgan fingerprint density at radius 2 is 1.89 bits per heavy atom. The highest BCUT2D eigenvalue weighted by Crippen LogP contribution is 2.44. The number of ketones is 1. The first-order chi connectivity index (χ1) is 13.2. The number of nitrogens with one attached hydrogen (secondary N) is 1. The van der Waals surface area contributed by atoms with Crippen LogP contribution >= 0.6 is 0 Å². The third-order valence-corrected chi connectivity index (χ3v) is 6.14. The van der Waals surface area contributed by atoms with E-state index in [1.165, 1.54) is 6.20 Å². The third kappa shape index (κ3) is 3.00. The Hall–Kier alpha value is -2.00. The minimum absolute atomic E-state index is 0.0383. The summed E-state index contributed by atoms with van der Waals surface area (Å²) in [5.41, 5.74) is 5.56. The number of carbonyl (C=O) groups is 2. The van der Waals surface area contributed by atoms with Crippen molar-refractivity contribution >= 4 is 11.8 Å². The second-order valence-corrected chi connectivity index (χ2v) is 8.44. The molecule has 0 radical (unpaired) electrons. The van der Waals surface area contributed by atoms with Crippen molar-refractivity contribution in [2.75, 3.05) is 13.1 Å². The van der Waals surface area contributed by atoms with E-state index in [0.717, 1.165) is 12.8 Å². The van der Waals surface area contributed by atoms with Crippen molar-refractivity contribution < 1.29 is 23.5 Å². The molecule has 0 amide bonds. The Kier molecular flexibility index (Phi) is 4.70. The molecule has 1 saturated carbocycles. The number of piperazine rings is 1. The van der Waals surface area contributed by atoms with Crippen LogP contribution in [0, 0.1) is 5.92 Å². The molecule has 4 rings (SSSR count). The molecule has 9 heteroatoms. The Bertz CT molecular complexity index is 756. The number of Topliss-reactive ketones (excluding diaryl/α,β-unsaturated/α-hetero) is 1. The van der Waals surface area contributed by atoms with Crippen LogP contribution in [0.3, 0.4) is 0 Å². The monoisotopic (exact) mass is 396 g/mol. The summed E-state index contributed by atoms with van der Waals surface area (Å²) in [7, 11) is 0. The maximum atomic E-state index is 15.8. The molecule has 6 atom stereocenters. The average Bonchev–Trinajstić information content (AvgIpc) is 3.43. The number of fused-ring (bicyclic) bond motifs is 1. The van der Waals surface area contributed by atoms with E-state index in [4.69, 9.17) is 5.73 Å². The highest BCUT2D eigenvalue weighted by Gasteiger charge is 2.56. The lowest BCUT2D eigenvalue weighted by atomic mass is 9.74. The predicted octanol–water partition coefficient (Wildman–Crippen LogP) is 0.529. The molecule has 0 aromatic carbocycles. The van der Waals surface area contributed by atoms with Crippen LogP contribution in [0.25, 0.3) is 0 Å². The van der Waals surface area contributed by atoms with E-state index in [0.29, 0.717) is 13.1 Å². The van der Waals surface area contributed by atoms with Gasteiger partial charge in [-0.25, -0.2) is 13.6 Å². The van der Waals surface area contributed by atoms with E-state index in [1.807, 2.05) is 13.8 Å². The lowest BCUT2D eigenvalue weighted by molar-refractivity contribution is -0.137. The molecular weight excluding hydrogens is 370 g/mol. The fourth-order valence-corrected chi connectivity index (χ4v) is 4.88. The normalized spacial score (nSPS) is 39.0. The molecular formula is C19H26F2N4O3. The van der Waals surface area contributed by atoms with Crippen molar-refractivity contribution in [3.8, 4) is 0 Å². The Morgan fingerprint density at radius 1 is 1.29 bits per heavy atom. The Morgan fingerprint density at radius 3 is 2.43 bits per heavy atom. The fourth-order valence-electron chi connectivity index (χ4n) is 4.88. The maximum absolute atomic E-state index is 15.8. The number of halogens is 2. The average molecular weight is 396 g/mol. The topological polar surface area (TPSA) is 98.9 Å². The molecule has 0 aromatic heterocycles. The molecule has 0 aromatic rings. The number of nitrogens with two attached hydrogens (primary N) is 1. The van der Waals surface area contributed by atoms with Crippen molar-refractivity contribution in [1.29, 1.82) is 0 Å². The van der Waals surface area contributed by atoms with E-state index in [1.54, 1.807) is 9.80 Å². The van der Waals surface area contributed by atoms with Gasteiger partial charge in [0.25, 0.3) is 0 Å². The highest BCUT2D eigenvalue weighted by atomic mass is 19.1. The van der Waals surface area contributed by atoms with Crippen molar-refractivity contribution in [2.45, 2.75) is 63.1 Å². The zero-order chi connectivity index (χ0) is 20.3. The molecule has 7 nitrogen and oxygen atoms in total. The van der Waals surface area contributed by atoms with Gasteiger partial charge in [-0.1, -0.05) is 0 Å². The number of carboxylic acid groups (broad SMARTS) is 1. The van der Waals surface area contributed by atoms with Gasteiger partial charge < -0.3 is 26.0 Å². The number of rotatable bonds is 3. The summed E-state index contributed by atoms with van der Waals surface area (Å²) < 4.78 is 31.1. The van der Waals surface area contributed by atoms with E-state index in [2.05, 4.69) is 5.32 Å². The van der Waals surface area contributed by atoms with Crippen molar-refractivity contribution in [3.63, 3.8) is 0 Å². The first-order valence-corrected chi connectivity index (χ1v) is 9.77. The van der Waals surface area contributed by atoms with Gasteiger partial charge >= 0.3 is 5.97 Å². The molecule has 2 fully saturated rings. The third-order valence-electron chi connectivity index (χ3n) is 6.14. The van der Waals surface area contributed by atoms with Gasteiger partial charge in [0.1, 0.15) is 11.4 Å². The summed E-state index contributed by atoms with van der Waals surface area (Å²) in [5, 5.41) is 12.7. The highest BCUT2D eigenvalue weighted by molar-refractivity contribution is 6.18. The lowest BCUT2D eigenvalue weighted by Crippen LogP contribution is -2.64. The molecule has 1 saturated heterocycles. The quantitative estimate of drug-likeness (QED) is 0.599. The smallest absolute Gasteiger partial charge is 0.340 e. The zero-order valence-corrected chi connectivity index (χ0v) is 15.9. The van der Waals surface area contributed by atoms with Crippen LogP contribution in [0.4, 0.5) is 8.78 Å². The van der Waals surface area contributed by atoms with Gasteiger partial charge in [0.2, 0.25) is 0 Å². The van der Waals surface area contributed by atoms with Gasteiger partial charge in [0, 0.05) is 37.4 Å². The van der Waals surface area contributed by atoms with E-state index in [9.17, 15) is 14.7 Å². The Balaban J connectivity index is 1.75. The number of hydrogen-bond acceptors (Lipinski definition) is 6. The van der Waals surface area contributed by atoms with Gasteiger partial charge in [0.05, 0.1) is 23.7 Å². The van der Waals surface area contributed by atoms with Gasteiger partial charge in [-0.15, -0.1) is 0 Å². The molecule has 28 heavy (non-hydrogen) atoms. The van der Waals surface area contributed by atoms with Crippen molar-refractivity contribution in [3.05, 3.63) is 23.3 Å². The fraction of sp³-hybridized carbons (Fsp3) is 0.684. The molecule has 2 aliphatic carbocycles. The summed E-state index contributed by atoms with van der Waals surface area (Å²) in [6, 6.07) is -2.27. The number of carbonyl (C=O) groups excluding carboxylic acids is 1. The van der Waals surface area contributed by atoms with Gasteiger partial charge in [0.15, 0.2) is 12.0 Å². The van der Waals surface area contributed by atoms with Crippen LogP contribution in [0.2, 0.25) is 0 Å². The number of nitrogens with zero attached hydrogens (tertiary/aromatic N) is 2. The number of aliphatic carboxylic acids is 1. The van der Waals surface area contributed by atoms with E-state index < -0.39 is 47.3 Å². The zero-order valence-electron chi connectivity index (χ0n) is 15.9. The van der Waals surface area contributed by atoms with Crippen LogP contribution < -0.4 is 11.1 Å². The summed E-state index contributed by atoms with van der Waals surface area (Å²) >= 11 is 0. The van der Waals surface area contributed by atoms with Gasteiger partial charge in [-0.2, -0.15) is 0 Å². The molecule has 2 aliphatic heterocycles. The summed E-state index contributed by atoms with van der Waals surface area (Å²) in [4.78, 5) is 27.6. The first-order valence-electron chi connectivity index (χ1n) is 9.77. The largest absolute Gasteiger partial charge is 0.478 e. The van der Waals surface area contributed by atoms with Crippen molar-refractivity contribution in [2.24, 2.45) is 11.7 Å². The first kappa shape index (κ1) is 19.3. The second kappa shape index (κ2) is 6.81. The van der Waals surface area contributed by atoms with Crippen LogP contribution in [0.5, 0.6) is 0 Å². The number of carboxylic acids is 1. The summed E-state index contributed by atoms with van der Waals surface area (Å²) in [6.45, 7) is 4.77. The lowest BCUT2D eigenvalue weighted by Gasteiger charge is -2.49. The van der Waals surface area contributed by atoms with Crippen molar-refractivity contribution in [1.82, 2.24) is 15.1 Å². The molecule has 4 N–H and O–H groups in total. The van der Waals surface area contributed by atoms with E-state index in [-0.39, 0.29) is 23.8 Å². The molecule has 2 heterocycles. The van der Waals surface area contributed by atoms with Crippen LogP contribution in [-0.2, 0) is 9.59 Å². The molecule has 4 aliphatic rings. The van der Waals surface area contributed by atoms with E-state index >= 15 is 8.78 Å². The van der Waals surface area contributed by atoms with Gasteiger partial charge in [-0.3, -0.25) is 4.79 Å². The summed E-state index contributed by atoms with van der Waals surface area (Å²) in [5.74, 6) is -4.27. The van der Waals surface area contributed by atoms with Crippen LogP contribution in [0.1, 0.15) is 26.7 Å². The molecule has 4 unspecified atom stereocenters. The molecule has 0 spiro atoms. The summed E-state index contributed by atoms with van der Waals surface area (Å²) in [6.07, 6.45) is 1.06. The molecule has 154 valence electrons. The Labute approximate surface area is 162 Å². The molecule has 0 bridgehead atoms. The van der Waals surface area contributed by atoms with Gasteiger partial charge in [-0.05, 0) is 26.7 Å². The SMILES string of the molecule is C[C@@H]1CN(C2=C(F)C(N)C3C(=O)C(C(=O)O)=CN(C4CC4)C3C2F)C[C@H](C)N1. The minimum atomic E-state index is -1.75. The maximum Gasteiger partial charge on any atom is 0.340 e. The van der Waals surface area contributed by atoms with Crippen LogP contribution in [0.15, 0.2) is 23.3 Å². The minimum Gasteiger partial charge on any atom is -0.478 e. The predicted molar refractivity (Wildman–Crippen MR) is 97.5 cm³/mol. The standard InChI is InChI=1S/C19H26F2N4O3/c1-8-5-24(6-9(2)23-8)17-13(20)15(22)12-16(14(17)21)25(10-3-4-10)7-11(18(12)26)19(27)28/h7-10,12,14-16,23H,3-6,22H2,1-2H3,(H,27,28)/t8-,9+,12?,14?,15?,16?. The number of hydrogen-bond donors (Lipinski definition) is 3. The number of alkyl halides is 1. The van der Waals surface area contributed by atoms with Crippen LogP contribution in [-0.4, -0.2) is 76.1 Å².